The summed E-state index contributed by atoms with van der Waals surface area (Å²) in [6.45, 7) is 3.75. The monoisotopic (exact) mass is 476 g/mol. The van der Waals surface area contributed by atoms with Crippen molar-refractivity contribution >= 4 is 44.8 Å². The molecule has 0 saturated carbocycles. The molecule has 29 heavy (non-hydrogen) atoms. The average molecular weight is 477 g/mol. The van der Waals surface area contributed by atoms with Gasteiger partial charge in [-0.05, 0) is 54.6 Å². The van der Waals surface area contributed by atoms with E-state index in [0.29, 0.717) is 37.1 Å². The summed E-state index contributed by atoms with van der Waals surface area (Å²) in [5.41, 5.74) is 7.47. The van der Waals surface area contributed by atoms with Crippen LogP contribution < -0.4 is 15.2 Å². The molecule has 6 nitrogen and oxygen atoms in total. The van der Waals surface area contributed by atoms with Crippen molar-refractivity contribution in [1.82, 2.24) is 0 Å². The highest BCUT2D eigenvalue weighted by atomic mass is 79.9. The number of aliphatic imine (C=N–C) groups is 1. The fourth-order valence-corrected chi connectivity index (χ4v) is 3.62. The third kappa shape index (κ3) is 6.35. The smallest absolute Gasteiger partial charge is 0.286 e. The van der Waals surface area contributed by atoms with E-state index < -0.39 is 0 Å². The van der Waals surface area contributed by atoms with Gasteiger partial charge in [0.1, 0.15) is 24.7 Å². The molecule has 2 aromatic rings. The lowest BCUT2D eigenvalue weighted by Gasteiger charge is -2.11. The van der Waals surface area contributed by atoms with Crippen molar-refractivity contribution in [3.8, 4) is 11.5 Å². The van der Waals surface area contributed by atoms with Crippen molar-refractivity contribution in [2.45, 2.75) is 6.92 Å². The lowest BCUT2D eigenvalue weighted by atomic mass is 10.2. The molecule has 1 aliphatic rings. The van der Waals surface area contributed by atoms with Crippen LogP contribution in [0, 0.1) is 6.92 Å². The minimum atomic E-state index is -0.338. The maximum Gasteiger partial charge on any atom is 0.286 e. The standard InChI is InChI=1S/C21H21BrN2O4S/c1-14-4-2-3-5-17(14)27-10-8-26-9-11-28-18-7-6-16(22)12-15(18)13-19-20(25)24-21(23)29-19/h2-7,12-13H,8-11H2,1H3,(H2,23,24,25)/b19-13+. The normalized spacial score (nSPS) is 14.9. The van der Waals surface area contributed by atoms with Crippen molar-refractivity contribution in [2.75, 3.05) is 26.4 Å². The summed E-state index contributed by atoms with van der Waals surface area (Å²) in [5, 5.41) is 0.250. The van der Waals surface area contributed by atoms with Gasteiger partial charge < -0.3 is 19.9 Å². The summed E-state index contributed by atoms with van der Waals surface area (Å²) < 4.78 is 18.0. The third-order valence-electron chi connectivity index (χ3n) is 3.96. The van der Waals surface area contributed by atoms with Crippen LogP contribution >= 0.6 is 27.7 Å². The van der Waals surface area contributed by atoms with Crippen LogP contribution in [0.5, 0.6) is 11.5 Å². The second-order valence-corrected chi connectivity index (χ2v) is 8.10. The first kappa shape index (κ1) is 21.4. The van der Waals surface area contributed by atoms with Crippen LogP contribution in [0.25, 0.3) is 6.08 Å². The molecule has 2 aromatic carbocycles. The van der Waals surface area contributed by atoms with Crippen LogP contribution in [0.15, 0.2) is 56.8 Å². The van der Waals surface area contributed by atoms with Gasteiger partial charge in [0.2, 0.25) is 0 Å². The number of nitrogens with zero attached hydrogens (tertiary/aromatic N) is 1. The molecule has 0 atom stereocenters. The maximum absolute atomic E-state index is 11.8. The van der Waals surface area contributed by atoms with E-state index in [1.807, 2.05) is 49.4 Å². The number of hydrogen-bond donors (Lipinski definition) is 1. The Morgan fingerprint density at radius 1 is 1.07 bits per heavy atom. The van der Waals surface area contributed by atoms with Gasteiger partial charge in [-0.15, -0.1) is 0 Å². The first-order chi connectivity index (χ1) is 14.0. The Bertz CT molecular complexity index is 946. The molecule has 152 valence electrons. The van der Waals surface area contributed by atoms with Gasteiger partial charge in [0.15, 0.2) is 5.17 Å². The molecule has 0 fully saturated rings. The number of carbonyl (C=O) groups excluding carboxylic acids is 1. The number of benzene rings is 2. The van der Waals surface area contributed by atoms with Crippen molar-refractivity contribution in [1.29, 1.82) is 0 Å². The predicted octanol–water partition coefficient (Wildman–Crippen LogP) is 4.16. The minimum absolute atomic E-state index is 0.250. The number of ether oxygens (including phenoxy) is 3. The van der Waals surface area contributed by atoms with E-state index in [0.717, 1.165) is 33.1 Å². The van der Waals surface area contributed by atoms with Gasteiger partial charge in [0.25, 0.3) is 5.91 Å². The summed E-state index contributed by atoms with van der Waals surface area (Å²) >= 11 is 4.59. The van der Waals surface area contributed by atoms with Gasteiger partial charge in [-0.3, -0.25) is 4.79 Å². The molecule has 0 saturated heterocycles. The van der Waals surface area contributed by atoms with Crippen LogP contribution in [-0.4, -0.2) is 37.5 Å². The minimum Gasteiger partial charge on any atom is -0.491 e. The highest BCUT2D eigenvalue weighted by molar-refractivity contribution is 9.10. The highest BCUT2D eigenvalue weighted by Gasteiger charge is 2.20. The summed E-state index contributed by atoms with van der Waals surface area (Å²) in [6, 6.07) is 13.5. The first-order valence-corrected chi connectivity index (χ1v) is 10.6. The summed E-state index contributed by atoms with van der Waals surface area (Å²) in [6.07, 6.45) is 1.73. The van der Waals surface area contributed by atoms with Gasteiger partial charge in [-0.2, -0.15) is 4.99 Å². The average Bonchev–Trinajstić information content (AvgIpc) is 3.00. The summed E-state index contributed by atoms with van der Waals surface area (Å²) in [7, 11) is 0. The lowest BCUT2D eigenvalue weighted by Crippen LogP contribution is -2.12. The third-order valence-corrected chi connectivity index (χ3v) is 5.27. The number of halogens is 1. The largest absolute Gasteiger partial charge is 0.491 e. The number of nitrogens with two attached hydrogens (primary N) is 1. The molecule has 0 aromatic heterocycles. The number of amides is 1. The van der Waals surface area contributed by atoms with Crippen molar-refractivity contribution in [3.05, 3.63) is 63.0 Å². The Hall–Kier alpha value is -2.29. The molecule has 0 aliphatic carbocycles. The molecule has 3 rings (SSSR count). The molecule has 1 amide bonds. The van der Waals surface area contributed by atoms with Crippen LogP contribution in [-0.2, 0) is 9.53 Å². The topological polar surface area (TPSA) is 83.1 Å². The van der Waals surface area contributed by atoms with Crippen LogP contribution in [0.1, 0.15) is 11.1 Å². The molecule has 1 heterocycles. The molecule has 0 unspecified atom stereocenters. The molecular weight excluding hydrogens is 456 g/mol. The second-order valence-electron chi connectivity index (χ2n) is 6.12. The Labute approximate surface area is 182 Å². The van der Waals surface area contributed by atoms with E-state index in [-0.39, 0.29) is 11.1 Å². The van der Waals surface area contributed by atoms with Gasteiger partial charge in [0.05, 0.1) is 18.1 Å². The Morgan fingerprint density at radius 2 is 1.79 bits per heavy atom. The van der Waals surface area contributed by atoms with Gasteiger partial charge in [-0.25, -0.2) is 0 Å². The molecule has 0 radical (unpaired) electrons. The summed E-state index contributed by atoms with van der Waals surface area (Å²) in [5.74, 6) is 1.18. The van der Waals surface area contributed by atoms with Crippen LogP contribution in [0.2, 0.25) is 0 Å². The molecule has 1 aliphatic heterocycles. The van der Waals surface area contributed by atoms with E-state index in [1.54, 1.807) is 6.08 Å². The number of aryl methyl sites for hydroxylation is 1. The predicted molar refractivity (Wildman–Crippen MR) is 119 cm³/mol. The SMILES string of the molecule is Cc1ccccc1OCCOCCOc1ccc(Br)cc1/C=C1/SC(N)=NC1=O. The number of hydrogen-bond acceptors (Lipinski definition) is 6. The number of thioether (sulfide) groups is 1. The molecule has 8 heteroatoms. The van der Waals surface area contributed by atoms with Crippen molar-refractivity contribution in [2.24, 2.45) is 10.7 Å². The molecule has 0 bridgehead atoms. The van der Waals surface area contributed by atoms with E-state index in [9.17, 15) is 4.79 Å². The van der Waals surface area contributed by atoms with E-state index in [4.69, 9.17) is 19.9 Å². The van der Waals surface area contributed by atoms with Crippen molar-refractivity contribution in [3.63, 3.8) is 0 Å². The quantitative estimate of drug-likeness (QED) is 0.432. The fourth-order valence-electron chi connectivity index (χ4n) is 2.57. The second kappa shape index (κ2) is 10.5. The molecule has 2 N–H and O–H groups in total. The zero-order valence-corrected chi connectivity index (χ0v) is 18.3. The fraction of sp³-hybridized carbons (Fsp3) is 0.238. The van der Waals surface area contributed by atoms with E-state index in [2.05, 4.69) is 20.9 Å². The van der Waals surface area contributed by atoms with E-state index >= 15 is 0 Å². The van der Waals surface area contributed by atoms with Gasteiger partial charge in [-0.1, -0.05) is 34.1 Å². The zero-order valence-electron chi connectivity index (χ0n) is 15.9. The Kier molecular flexibility index (Phi) is 7.74. The van der Waals surface area contributed by atoms with Gasteiger partial charge >= 0.3 is 0 Å². The highest BCUT2D eigenvalue weighted by Crippen LogP contribution is 2.31. The summed E-state index contributed by atoms with van der Waals surface area (Å²) in [4.78, 5) is 16.0. The van der Waals surface area contributed by atoms with Crippen molar-refractivity contribution < 1.29 is 19.0 Å². The molecule has 0 spiro atoms. The van der Waals surface area contributed by atoms with E-state index in [1.165, 1.54) is 0 Å². The molecular formula is C21H21BrN2O4S. The number of para-hydroxylation sites is 1. The first-order valence-electron chi connectivity index (χ1n) is 8.99. The van der Waals surface area contributed by atoms with Gasteiger partial charge in [0, 0.05) is 10.0 Å². The lowest BCUT2D eigenvalue weighted by molar-refractivity contribution is -0.113. The Balaban J connectivity index is 1.46. The number of rotatable bonds is 9. The number of amidine groups is 1. The van der Waals surface area contributed by atoms with Crippen LogP contribution in [0.4, 0.5) is 0 Å². The number of carbonyl (C=O) groups is 1. The zero-order chi connectivity index (χ0) is 20.6. The van der Waals surface area contributed by atoms with Crippen LogP contribution in [0.3, 0.4) is 0 Å². The maximum atomic E-state index is 11.8. The Morgan fingerprint density at radius 3 is 2.48 bits per heavy atom.